The summed E-state index contributed by atoms with van der Waals surface area (Å²) in [4.78, 5) is 0. The van der Waals surface area contributed by atoms with Gasteiger partial charge in [-0.3, -0.25) is 0 Å². The Morgan fingerprint density at radius 2 is 1.60 bits per heavy atom. The molecule has 0 atom stereocenters. The summed E-state index contributed by atoms with van der Waals surface area (Å²) in [5.41, 5.74) is 1.34. The van der Waals surface area contributed by atoms with Crippen molar-refractivity contribution < 1.29 is 0 Å². The first-order chi connectivity index (χ1) is 7.04. The molecule has 0 aliphatic heterocycles. The number of hydrogen-bond acceptors (Lipinski definition) is 0. The predicted molar refractivity (Wildman–Crippen MR) is 72.6 cm³/mol. The van der Waals surface area contributed by atoms with E-state index in [2.05, 4.69) is 19.1 Å². The van der Waals surface area contributed by atoms with Crippen molar-refractivity contribution in [1.29, 1.82) is 0 Å². The molecular weight excluding hydrogens is 357 g/mol. The molecule has 0 spiro atoms. The fourth-order valence-corrected chi connectivity index (χ4v) is 5.53. The van der Waals surface area contributed by atoms with Crippen LogP contribution < -0.4 is 3.58 Å². The molecule has 0 aliphatic rings. The molecule has 0 fully saturated rings. The van der Waals surface area contributed by atoms with Crippen molar-refractivity contribution in [3.8, 4) is 0 Å². The summed E-state index contributed by atoms with van der Waals surface area (Å²) in [6, 6.07) is 8.13. The molecule has 1 aromatic carbocycles. The number of halogens is 3. The number of unbranched alkanes of at least 4 members (excludes halogenated alkanes) is 2. The van der Waals surface area contributed by atoms with Crippen LogP contribution >= 0.6 is 26.8 Å². The zero-order valence-corrected chi connectivity index (χ0v) is 13.9. The van der Waals surface area contributed by atoms with Gasteiger partial charge in [0.15, 0.2) is 0 Å². The van der Waals surface area contributed by atoms with E-state index in [1.165, 1.54) is 24.8 Å². The molecular formula is C11H15Cl3Sn. The second kappa shape index (κ2) is 6.58. The normalized spacial score (nSPS) is 11.7. The van der Waals surface area contributed by atoms with Gasteiger partial charge in [0.05, 0.1) is 0 Å². The topological polar surface area (TPSA) is 0 Å². The van der Waals surface area contributed by atoms with Gasteiger partial charge in [0.2, 0.25) is 0 Å². The van der Waals surface area contributed by atoms with Crippen molar-refractivity contribution >= 4 is 45.3 Å². The fourth-order valence-electron chi connectivity index (χ4n) is 1.44. The van der Waals surface area contributed by atoms with Gasteiger partial charge in [-0.15, -0.1) is 0 Å². The molecule has 0 amide bonds. The summed E-state index contributed by atoms with van der Waals surface area (Å²) in [6.45, 7) is 2.21. The Morgan fingerprint density at radius 3 is 2.07 bits per heavy atom. The van der Waals surface area contributed by atoms with E-state index < -0.39 is 15.0 Å². The molecule has 4 heteroatoms. The molecule has 0 aliphatic carbocycles. The third kappa shape index (κ3) is 5.16. The van der Waals surface area contributed by atoms with Crippen molar-refractivity contribution in [3.63, 3.8) is 0 Å². The van der Waals surface area contributed by atoms with Crippen LogP contribution in [0.15, 0.2) is 24.3 Å². The fraction of sp³-hybridized carbons (Fsp3) is 0.455. The van der Waals surface area contributed by atoms with Crippen molar-refractivity contribution in [2.75, 3.05) is 0 Å². The summed E-state index contributed by atoms with van der Waals surface area (Å²) in [5, 5.41) is 0. The molecule has 0 saturated carbocycles. The van der Waals surface area contributed by atoms with Gasteiger partial charge in [-0.2, -0.15) is 0 Å². The minimum atomic E-state index is -3.38. The molecule has 1 aromatic rings. The minimum absolute atomic E-state index is 0.938. The summed E-state index contributed by atoms with van der Waals surface area (Å²) in [7, 11) is 17.9. The second-order valence-corrected chi connectivity index (χ2v) is 23.4. The van der Waals surface area contributed by atoms with E-state index in [1.807, 2.05) is 12.1 Å². The van der Waals surface area contributed by atoms with Crippen LogP contribution in [-0.4, -0.2) is 15.0 Å². The monoisotopic (exact) mass is 372 g/mol. The van der Waals surface area contributed by atoms with E-state index in [4.69, 9.17) is 26.8 Å². The maximum atomic E-state index is 5.98. The number of rotatable bonds is 5. The molecule has 15 heavy (non-hydrogen) atoms. The first-order valence-corrected chi connectivity index (χ1v) is 17.5. The zero-order chi connectivity index (χ0) is 11.3. The summed E-state index contributed by atoms with van der Waals surface area (Å²) < 4.78 is 0.938. The van der Waals surface area contributed by atoms with Crippen LogP contribution in [0.3, 0.4) is 0 Å². The average molecular weight is 372 g/mol. The first-order valence-electron chi connectivity index (χ1n) is 5.20. The van der Waals surface area contributed by atoms with Gasteiger partial charge in [0.1, 0.15) is 0 Å². The van der Waals surface area contributed by atoms with E-state index in [-0.39, 0.29) is 0 Å². The number of aryl methyl sites for hydroxylation is 1. The van der Waals surface area contributed by atoms with E-state index in [1.54, 1.807) is 0 Å². The predicted octanol–water partition coefficient (Wildman–Crippen LogP) is 4.28. The van der Waals surface area contributed by atoms with Gasteiger partial charge >= 0.3 is 108 Å². The Balaban J connectivity index is 2.57. The Bertz CT molecular complexity index is 290. The van der Waals surface area contributed by atoms with Crippen LogP contribution in [0.5, 0.6) is 0 Å². The Labute approximate surface area is 107 Å². The quantitative estimate of drug-likeness (QED) is 0.535. The van der Waals surface area contributed by atoms with Gasteiger partial charge in [0.25, 0.3) is 0 Å². The molecule has 0 heterocycles. The van der Waals surface area contributed by atoms with Gasteiger partial charge in [0, 0.05) is 0 Å². The Kier molecular flexibility index (Phi) is 6.12. The molecule has 0 bridgehead atoms. The summed E-state index contributed by atoms with van der Waals surface area (Å²) >= 11 is -3.38. The zero-order valence-electron chi connectivity index (χ0n) is 8.77. The van der Waals surface area contributed by atoms with Gasteiger partial charge in [-0.25, -0.2) is 0 Å². The van der Waals surface area contributed by atoms with Crippen LogP contribution in [0.25, 0.3) is 0 Å². The van der Waals surface area contributed by atoms with Crippen molar-refractivity contribution in [2.24, 2.45) is 0 Å². The molecule has 1 rings (SSSR count). The molecule has 0 N–H and O–H groups in total. The molecule has 0 radical (unpaired) electrons. The van der Waals surface area contributed by atoms with Crippen LogP contribution in [0.1, 0.15) is 31.7 Å². The van der Waals surface area contributed by atoms with Crippen molar-refractivity contribution in [1.82, 2.24) is 0 Å². The SMILES string of the molecule is CCCCCc1cc[c]([Sn]([Cl])([Cl])[Cl])cc1. The van der Waals surface area contributed by atoms with Crippen molar-refractivity contribution in [2.45, 2.75) is 32.6 Å². The third-order valence-electron chi connectivity index (χ3n) is 2.35. The van der Waals surface area contributed by atoms with Gasteiger partial charge in [-0.05, 0) is 0 Å². The summed E-state index contributed by atoms with van der Waals surface area (Å²) in [6.07, 6.45) is 4.91. The molecule has 0 nitrogen and oxygen atoms in total. The van der Waals surface area contributed by atoms with Gasteiger partial charge in [-0.1, -0.05) is 0 Å². The second-order valence-electron chi connectivity index (χ2n) is 3.65. The van der Waals surface area contributed by atoms with Crippen LogP contribution in [-0.2, 0) is 6.42 Å². The van der Waals surface area contributed by atoms with Crippen molar-refractivity contribution in [3.05, 3.63) is 29.8 Å². The molecule has 0 saturated heterocycles. The Morgan fingerprint density at radius 1 is 1.00 bits per heavy atom. The standard InChI is InChI=1S/C11H15.3ClH.Sn/c1-2-3-5-8-11-9-6-4-7-10-11;;;;/h6-7,9-10H,2-3,5,8H2,1H3;3*1H;/q;;;;+3/p-3. The maximum absolute atomic E-state index is 5.98. The van der Waals surface area contributed by atoms with E-state index >= 15 is 0 Å². The van der Waals surface area contributed by atoms with Crippen LogP contribution in [0, 0.1) is 0 Å². The van der Waals surface area contributed by atoms with E-state index in [9.17, 15) is 0 Å². The number of hydrogen-bond donors (Lipinski definition) is 0. The van der Waals surface area contributed by atoms with Crippen LogP contribution in [0.2, 0.25) is 0 Å². The average Bonchev–Trinajstić information content (AvgIpc) is 2.18. The van der Waals surface area contributed by atoms with Gasteiger partial charge < -0.3 is 0 Å². The molecule has 0 unspecified atom stereocenters. The van der Waals surface area contributed by atoms with Crippen LogP contribution in [0.4, 0.5) is 0 Å². The Hall–Kier alpha value is 0.889. The molecule has 0 aromatic heterocycles. The first kappa shape index (κ1) is 14.0. The molecule has 84 valence electrons. The third-order valence-corrected chi connectivity index (χ3v) is 9.56. The summed E-state index contributed by atoms with van der Waals surface area (Å²) in [5.74, 6) is 0. The van der Waals surface area contributed by atoms with E-state index in [0.717, 1.165) is 10.0 Å². The number of benzene rings is 1. The van der Waals surface area contributed by atoms with E-state index in [0.29, 0.717) is 0 Å².